The van der Waals surface area contributed by atoms with E-state index in [-0.39, 0.29) is 25.3 Å². The van der Waals surface area contributed by atoms with Crippen LogP contribution in [0.15, 0.2) is 85.0 Å². The van der Waals surface area contributed by atoms with E-state index < -0.39 is 6.10 Å². The van der Waals surface area contributed by atoms with Gasteiger partial charge in [0.1, 0.15) is 0 Å². The smallest absolute Gasteiger partial charge is 0.233 e. The summed E-state index contributed by atoms with van der Waals surface area (Å²) in [5, 5.41) is 10.5. The number of aliphatic hydroxyl groups excluding tert-OH is 1. The third-order valence-corrected chi connectivity index (χ3v) is 5.13. The predicted molar refractivity (Wildman–Crippen MR) is 133 cm³/mol. The molecule has 1 saturated heterocycles. The van der Waals surface area contributed by atoms with E-state index in [9.17, 15) is 9.90 Å². The van der Waals surface area contributed by atoms with Crippen molar-refractivity contribution in [3.8, 4) is 0 Å². The van der Waals surface area contributed by atoms with Gasteiger partial charge in [0.2, 0.25) is 5.91 Å². The Bertz CT molecular complexity index is 813. The molecule has 168 valence electrons. The Morgan fingerprint density at radius 1 is 1.06 bits per heavy atom. The minimum atomic E-state index is -0.551. The van der Waals surface area contributed by atoms with Crippen LogP contribution in [0.1, 0.15) is 65.5 Å². The monoisotopic (exact) mass is 421 g/mol. The predicted octanol–water partition coefficient (Wildman–Crippen LogP) is 7.11. The number of anilines is 1. The molecule has 1 fully saturated rings. The van der Waals surface area contributed by atoms with Gasteiger partial charge in [0.25, 0.3) is 0 Å². The molecule has 1 aliphatic heterocycles. The average Bonchev–Trinajstić information content (AvgIpc) is 2.77. The van der Waals surface area contributed by atoms with Gasteiger partial charge in [-0.2, -0.15) is 0 Å². The SMILES string of the molecule is C.C=C(/C=C\CC)C1C(CCC(O)c2ccccc2)C(=O)N1c1ccccc1.CCC. The zero-order valence-corrected chi connectivity index (χ0v) is 18.5. The zero-order valence-electron chi connectivity index (χ0n) is 18.5. The molecule has 0 aromatic heterocycles. The molecule has 0 radical (unpaired) electrons. The summed E-state index contributed by atoms with van der Waals surface area (Å²) in [6, 6.07) is 19.3. The second kappa shape index (κ2) is 13.6. The summed E-state index contributed by atoms with van der Waals surface area (Å²) in [6.45, 7) is 10.5. The second-order valence-electron chi connectivity index (χ2n) is 7.69. The molecule has 0 saturated carbocycles. The van der Waals surface area contributed by atoms with Crippen LogP contribution in [0.2, 0.25) is 0 Å². The Labute approximate surface area is 189 Å². The first kappa shape index (κ1) is 26.4. The van der Waals surface area contributed by atoms with Gasteiger partial charge in [-0.3, -0.25) is 4.79 Å². The fourth-order valence-electron chi connectivity index (χ4n) is 3.68. The molecule has 1 heterocycles. The molecule has 2 aromatic carbocycles. The number of para-hydroxylation sites is 1. The molecular weight excluding hydrogens is 382 g/mol. The van der Waals surface area contributed by atoms with Crippen molar-refractivity contribution in [2.24, 2.45) is 5.92 Å². The Hall–Kier alpha value is -2.65. The number of rotatable bonds is 8. The number of allylic oxidation sites excluding steroid dienone is 1. The molecule has 1 amide bonds. The van der Waals surface area contributed by atoms with E-state index >= 15 is 0 Å². The molecule has 0 aliphatic carbocycles. The maximum atomic E-state index is 12.9. The Kier molecular flexibility index (Phi) is 11.6. The van der Waals surface area contributed by atoms with Crippen LogP contribution in [0.5, 0.6) is 0 Å². The highest BCUT2D eigenvalue weighted by atomic mass is 16.3. The van der Waals surface area contributed by atoms with Crippen LogP contribution in [0.4, 0.5) is 5.69 Å². The highest BCUT2D eigenvalue weighted by Crippen LogP contribution is 2.40. The number of hydrogen-bond donors (Lipinski definition) is 1. The first-order valence-electron chi connectivity index (χ1n) is 11.0. The summed E-state index contributed by atoms with van der Waals surface area (Å²) in [6.07, 6.45) is 6.93. The minimum Gasteiger partial charge on any atom is -0.388 e. The quantitative estimate of drug-likeness (QED) is 0.364. The summed E-state index contributed by atoms with van der Waals surface area (Å²) >= 11 is 0. The molecule has 0 spiro atoms. The number of amides is 1. The van der Waals surface area contributed by atoms with Crippen molar-refractivity contribution in [3.05, 3.63) is 90.5 Å². The molecular formula is C28H39NO2. The van der Waals surface area contributed by atoms with Gasteiger partial charge in [-0.05, 0) is 42.5 Å². The maximum absolute atomic E-state index is 12.9. The summed E-state index contributed by atoms with van der Waals surface area (Å²) in [5.74, 6) is -0.0323. The van der Waals surface area contributed by atoms with Gasteiger partial charge in [-0.15, -0.1) is 0 Å². The van der Waals surface area contributed by atoms with Crippen molar-refractivity contribution in [1.82, 2.24) is 0 Å². The van der Waals surface area contributed by atoms with Crippen LogP contribution >= 0.6 is 0 Å². The fourth-order valence-corrected chi connectivity index (χ4v) is 3.68. The lowest BCUT2D eigenvalue weighted by atomic mass is 9.78. The van der Waals surface area contributed by atoms with Gasteiger partial charge in [-0.25, -0.2) is 0 Å². The molecule has 1 aliphatic rings. The van der Waals surface area contributed by atoms with Gasteiger partial charge in [-0.1, -0.05) is 102 Å². The van der Waals surface area contributed by atoms with Gasteiger partial charge in [0, 0.05) is 5.69 Å². The number of hydrogen-bond acceptors (Lipinski definition) is 2. The molecule has 2 aromatic rings. The lowest BCUT2D eigenvalue weighted by Gasteiger charge is -2.48. The number of carbonyl (C=O) groups is 1. The molecule has 0 bridgehead atoms. The van der Waals surface area contributed by atoms with E-state index in [4.69, 9.17) is 0 Å². The molecule has 1 N–H and O–H groups in total. The maximum Gasteiger partial charge on any atom is 0.233 e. The van der Waals surface area contributed by atoms with E-state index in [0.29, 0.717) is 12.8 Å². The third-order valence-electron chi connectivity index (χ3n) is 5.13. The minimum absolute atomic E-state index is 0. The van der Waals surface area contributed by atoms with Gasteiger partial charge in [0.05, 0.1) is 18.1 Å². The number of benzene rings is 2. The first-order chi connectivity index (χ1) is 14.5. The van der Waals surface area contributed by atoms with Crippen molar-refractivity contribution >= 4 is 11.6 Å². The molecule has 3 nitrogen and oxygen atoms in total. The molecule has 3 unspecified atom stereocenters. The van der Waals surface area contributed by atoms with Crippen LogP contribution in [0, 0.1) is 5.92 Å². The van der Waals surface area contributed by atoms with Gasteiger partial charge >= 0.3 is 0 Å². The average molecular weight is 422 g/mol. The van der Waals surface area contributed by atoms with Crippen molar-refractivity contribution in [2.75, 3.05) is 4.90 Å². The molecule has 3 heteroatoms. The summed E-state index contributed by atoms with van der Waals surface area (Å²) in [5.41, 5.74) is 2.74. The first-order valence-corrected chi connectivity index (χ1v) is 11.0. The normalized spacial score (nSPS) is 18.5. The highest BCUT2D eigenvalue weighted by Gasteiger charge is 2.48. The lowest BCUT2D eigenvalue weighted by molar-refractivity contribution is -0.129. The summed E-state index contributed by atoms with van der Waals surface area (Å²) in [7, 11) is 0. The van der Waals surface area contributed by atoms with E-state index in [2.05, 4.69) is 33.4 Å². The van der Waals surface area contributed by atoms with E-state index in [1.54, 1.807) is 0 Å². The second-order valence-corrected chi connectivity index (χ2v) is 7.69. The van der Waals surface area contributed by atoms with Crippen LogP contribution < -0.4 is 4.90 Å². The van der Waals surface area contributed by atoms with E-state index in [0.717, 1.165) is 23.2 Å². The topological polar surface area (TPSA) is 40.5 Å². The van der Waals surface area contributed by atoms with E-state index in [1.807, 2.05) is 71.6 Å². The molecule has 31 heavy (non-hydrogen) atoms. The van der Waals surface area contributed by atoms with Crippen LogP contribution in [0.25, 0.3) is 0 Å². The van der Waals surface area contributed by atoms with Crippen molar-refractivity contribution in [3.63, 3.8) is 0 Å². The summed E-state index contributed by atoms with van der Waals surface area (Å²) < 4.78 is 0. The number of carbonyl (C=O) groups excluding carboxylic acids is 1. The van der Waals surface area contributed by atoms with Gasteiger partial charge in [0.15, 0.2) is 0 Å². The largest absolute Gasteiger partial charge is 0.388 e. The van der Waals surface area contributed by atoms with E-state index in [1.165, 1.54) is 6.42 Å². The molecule has 3 atom stereocenters. The Morgan fingerprint density at radius 2 is 1.61 bits per heavy atom. The standard InChI is InChI=1S/C24H27NO2.C3H8.CH4/c1-3-4-11-18(2)23-21(16-17-22(26)19-12-7-5-8-13-19)24(27)25(23)20-14-9-6-10-15-20;1-3-2;/h4-15,21-23,26H,2-3,16-17H2,1H3;3H2,1-2H3;1H4/b11-4-;;. The number of aliphatic hydroxyl groups is 1. The highest BCUT2D eigenvalue weighted by molar-refractivity contribution is 6.04. The zero-order chi connectivity index (χ0) is 21.9. The third kappa shape index (κ3) is 6.93. The Morgan fingerprint density at radius 3 is 2.16 bits per heavy atom. The van der Waals surface area contributed by atoms with Gasteiger partial charge < -0.3 is 10.0 Å². The fraction of sp³-hybridized carbons (Fsp3) is 0.393. The van der Waals surface area contributed by atoms with Crippen molar-refractivity contribution in [1.29, 1.82) is 0 Å². The van der Waals surface area contributed by atoms with Crippen LogP contribution in [-0.2, 0) is 4.79 Å². The van der Waals surface area contributed by atoms with Crippen LogP contribution in [0.3, 0.4) is 0 Å². The summed E-state index contributed by atoms with van der Waals surface area (Å²) in [4.78, 5) is 14.7. The Balaban J connectivity index is 0.00000113. The number of nitrogens with zero attached hydrogens (tertiary/aromatic N) is 1. The number of β-lactam (4-membered cyclic amide) rings is 1. The van der Waals surface area contributed by atoms with Crippen molar-refractivity contribution < 1.29 is 9.90 Å². The lowest BCUT2D eigenvalue weighted by Crippen LogP contribution is -2.61. The van der Waals surface area contributed by atoms with Crippen molar-refractivity contribution in [2.45, 2.75) is 66.0 Å². The van der Waals surface area contributed by atoms with Crippen LogP contribution in [-0.4, -0.2) is 17.1 Å². The molecule has 3 rings (SSSR count).